The molecule has 4 rings (SSSR count). The quantitative estimate of drug-likeness (QED) is 0.613. The van der Waals surface area contributed by atoms with Crippen molar-refractivity contribution < 1.29 is 14.3 Å². The first kappa shape index (κ1) is 12.3. The normalized spacial score (nSPS) is 32.1. The third-order valence-corrected chi connectivity index (χ3v) is 5.02. The minimum Gasteiger partial charge on any atom is -0.492 e. The van der Waals surface area contributed by atoms with Gasteiger partial charge in [0, 0.05) is 5.41 Å². The van der Waals surface area contributed by atoms with Gasteiger partial charge in [-0.3, -0.25) is 4.79 Å². The first-order valence-electron chi connectivity index (χ1n) is 6.05. The molecular formula is C14H15IO3. The summed E-state index contributed by atoms with van der Waals surface area (Å²) >= 11 is 2.28. The van der Waals surface area contributed by atoms with E-state index in [0.717, 1.165) is 28.6 Å². The van der Waals surface area contributed by atoms with Gasteiger partial charge in [0.2, 0.25) is 0 Å². The van der Waals surface area contributed by atoms with Crippen molar-refractivity contribution in [3.05, 3.63) is 27.8 Å². The molecule has 2 bridgehead atoms. The maximum absolute atomic E-state index is 11.6. The highest BCUT2D eigenvalue weighted by atomic mass is 127. The third kappa shape index (κ3) is 1.73. The Labute approximate surface area is 120 Å². The minimum atomic E-state index is -0.165. The van der Waals surface area contributed by atoms with Gasteiger partial charge >= 0.3 is 5.97 Å². The van der Waals surface area contributed by atoms with Gasteiger partial charge in [-0.25, -0.2) is 0 Å². The van der Waals surface area contributed by atoms with Crippen LogP contribution in [0.2, 0.25) is 0 Å². The Bertz CT molecular complexity index is 478. The van der Waals surface area contributed by atoms with Crippen molar-refractivity contribution in [2.45, 2.75) is 19.3 Å². The predicted octanol–water partition coefficient (Wildman–Crippen LogP) is 3.01. The van der Waals surface area contributed by atoms with Crippen molar-refractivity contribution in [2.75, 3.05) is 13.7 Å². The van der Waals surface area contributed by atoms with Gasteiger partial charge in [-0.2, -0.15) is 0 Å². The molecule has 18 heavy (non-hydrogen) atoms. The lowest BCUT2D eigenvalue weighted by molar-refractivity contribution is -0.233. The minimum absolute atomic E-state index is 0.0429. The van der Waals surface area contributed by atoms with Crippen LogP contribution >= 0.6 is 22.6 Å². The molecule has 0 amide bonds. The summed E-state index contributed by atoms with van der Waals surface area (Å²) in [6, 6.07) is 8.01. The average Bonchev–Trinajstić information content (AvgIpc) is 2.27. The second-order valence-corrected chi connectivity index (χ2v) is 6.68. The van der Waals surface area contributed by atoms with Crippen LogP contribution in [-0.4, -0.2) is 19.7 Å². The van der Waals surface area contributed by atoms with Crippen LogP contribution in [0, 0.1) is 14.4 Å². The number of benzene rings is 1. The van der Waals surface area contributed by atoms with Crippen LogP contribution < -0.4 is 4.74 Å². The molecule has 3 fully saturated rings. The summed E-state index contributed by atoms with van der Waals surface area (Å²) in [5.41, 5.74) is 0.0645. The van der Waals surface area contributed by atoms with Crippen LogP contribution in [0.5, 0.6) is 5.75 Å². The van der Waals surface area contributed by atoms with Crippen molar-refractivity contribution in [1.29, 1.82) is 0 Å². The molecule has 4 heteroatoms. The van der Waals surface area contributed by atoms with Crippen molar-refractivity contribution >= 4 is 28.6 Å². The van der Waals surface area contributed by atoms with E-state index in [-0.39, 0.29) is 16.8 Å². The molecule has 0 unspecified atom stereocenters. The Morgan fingerprint density at radius 2 is 2.00 bits per heavy atom. The second-order valence-electron chi connectivity index (χ2n) is 5.52. The standard InChI is InChI=1S/C14H15IO3/c1-17-12(16)14-6-13(7-14,8-14)9-18-11-5-3-2-4-10(11)15/h2-5H,6-9H2,1H3. The fourth-order valence-electron chi connectivity index (χ4n) is 3.38. The number of hydrogen-bond donors (Lipinski definition) is 0. The molecular weight excluding hydrogens is 343 g/mol. The van der Waals surface area contributed by atoms with Crippen molar-refractivity contribution in [3.63, 3.8) is 0 Å². The molecule has 3 aliphatic carbocycles. The lowest BCUT2D eigenvalue weighted by Gasteiger charge is -2.68. The molecule has 0 atom stereocenters. The Hall–Kier alpha value is -0.780. The summed E-state index contributed by atoms with van der Waals surface area (Å²) in [5.74, 6) is 0.897. The zero-order valence-corrected chi connectivity index (χ0v) is 12.4. The fraction of sp³-hybridized carbons (Fsp3) is 0.500. The van der Waals surface area contributed by atoms with Gasteiger partial charge in [0.05, 0.1) is 22.7 Å². The molecule has 96 valence electrons. The van der Waals surface area contributed by atoms with Gasteiger partial charge in [0.25, 0.3) is 0 Å². The summed E-state index contributed by atoms with van der Waals surface area (Å²) in [6.07, 6.45) is 2.78. The first-order valence-corrected chi connectivity index (χ1v) is 7.13. The highest BCUT2D eigenvalue weighted by Crippen LogP contribution is 2.73. The molecule has 1 aromatic rings. The topological polar surface area (TPSA) is 35.5 Å². The van der Waals surface area contributed by atoms with Crippen LogP contribution in [0.15, 0.2) is 24.3 Å². The number of ether oxygens (including phenoxy) is 2. The number of halogens is 1. The van der Waals surface area contributed by atoms with E-state index in [1.165, 1.54) is 7.11 Å². The smallest absolute Gasteiger partial charge is 0.311 e. The van der Waals surface area contributed by atoms with E-state index in [1.54, 1.807) is 0 Å². The molecule has 3 nitrogen and oxygen atoms in total. The molecule has 0 aliphatic heterocycles. The molecule has 3 aliphatic rings. The average molecular weight is 358 g/mol. The number of esters is 1. The van der Waals surface area contributed by atoms with Crippen LogP contribution in [0.4, 0.5) is 0 Å². The van der Waals surface area contributed by atoms with E-state index < -0.39 is 0 Å². The largest absolute Gasteiger partial charge is 0.492 e. The Morgan fingerprint density at radius 3 is 2.61 bits per heavy atom. The SMILES string of the molecule is COC(=O)C12CC(COc3ccccc3I)(C1)C2. The van der Waals surface area contributed by atoms with Gasteiger partial charge < -0.3 is 9.47 Å². The first-order chi connectivity index (χ1) is 8.59. The summed E-state index contributed by atoms with van der Waals surface area (Å²) in [6.45, 7) is 0.714. The number of carbonyl (C=O) groups is 1. The zero-order chi connectivity index (χ0) is 12.8. The summed E-state index contributed by atoms with van der Waals surface area (Å²) in [4.78, 5) is 11.6. The van der Waals surface area contributed by atoms with Gasteiger partial charge in [0.1, 0.15) is 5.75 Å². The van der Waals surface area contributed by atoms with E-state index in [9.17, 15) is 4.79 Å². The second kappa shape index (κ2) is 4.11. The van der Waals surface area contributed by atoms with Crippen molar-refractivity contribution in [2.24, 2.45) is 10.8 Å². The van der Waals surface area contributed by atoms with E-state index in [0.29, 0.717) is 6.61 Å². The summed E-state index contributed by atoms with van der Waals surface area (Å²) < 4.78 is 11.9. The lowest BCUT2D eigenvalue weighted by Crippen LogP contribution is -2.67. The van der Waals surface area contributed by atoms with Crippen LogP contribution in [0.25, 0.3) is 0 Å². The molecule has 0 aromatic heterocycles. The van der Waals surface area contributed by atoms with Crippen LogP contribution in [-0.2, 0) is 9.53 Å². The Morgan fingerprint density at radius 1 is 1.33 bits per heavy atom. The Balaban J connectivity index is 1.56. The molecule has 3 saturated carbocycles. The summed E-state index contributed by atoms with van der Waals surface area (Å²) in [7, 11) is 1.47. The summed E-state index contributed by atoms with van der Waals surface area (Å²) in [5, 5.41) is 0. The number of methoxy groups -OCH3 is 1. The molecule has 0 radical (unpaired) electrons. The monoisotopic (exact) mass is 358 g/mol. The maximum atomic E-state index is 11.6. The number of rotatable bonds is 4. The molecule has 0 heterocycles. The zero-order valence-electron chi connectivity index (χ0n) is 10.2. The molecule has 0 spiro atoms. The third-order valence-electron chi connectivity index (χ3n) is 4.13. The highest BCUT2D eigenvalue weighted by Gasteiger charge is 2.72. The van der Waals surface area contributed by atoms with E-state index in [4.69, 9.17) is 9.47 Å². The number of hydrogen-bond acceptors (Lipinski definition) is 3. The fourth-order valence-corrected chi connectivity index (χ4v) is 3.92. The molecule has 1 aromatic carbocycles. The number of carbonyl (C=O) groups excluding carboxylic acids is 1. The van der Waals surface area contributed by atoms with Gasteiger partial charge in [-0.15, -0.1) is 0 Å². The predicted molar refractivity (Wildman–Crippen MR) is 75.4 cm³/mol. The van der Waals surface area contributed by atoms with Crippen LogP contribution in [0.3, 0.4) is 0 Å². The molecule has 0 saturated heterocycles. The van der Waals surface area contributed by atoms with E-state index in [1.807, 2.05) is 24.3 Å². The van der Waals surface area contributed by atoms with Crippen molar-refractivity contribution in [1.82, 2.24) is 0 Å². The Kier molecular flexibility index (Phi) is 2.80. The highest BCUT2D eigenvalue weighted by molar-refractivity contribution is 14.1. The van der Waals surface area contributed by atoms with Gasteiger partial charge in [-0.05, 0) is 54.0 Å². The number of para-hydroxylation sites is 1. The van der Waals surface area contributed by atoms with Gasteiger partial charge in [-0.1, -0.05) is 12.1 Å². The van der Waals surface area contributed by atoms with Gasteiger partial charge in [0.15, 0.2) is 0 Å². The van der Waals surface area contributed by atoms with Crippen molar-refractivity contribution in [3.8, 4) is 5.75 Å². The van der Waals surface area contributed by atoms with Crippen LogP contribution in [0.1, 0.15) is 19.3 Å². The van der Waals surface area contributed by atoms with E-state index in [2.05, 4.69) is 22.6 Å². The maximum Gasteiger partial charge on any atom is 0.311 e. The lowest BCUT2D eigenvalue weighted by atomic mass is 9.35. The van der Waals surface area contributed by atoms with E-state index >= 15 is 0 Å². The molecule has 0 N–H and O–H groups in total.